The molecule has 142 valence electrons. The fourth-order valence-electron chi connectivity index (χ4n) is 7.66. The first-order valence-electron chi connectivity index (χ1n) is 10.3. The Hall–Kier alpha value is -0.610. The third-order valence-corrected chi connectivity index (χ3v) is 8.95. The van der Waals surface area contributed by atoms with Crippen LogP contribution in [0.1, 0.15) is 72.1 Å². The standard InChI is InChI=1S/C21H34O4/c1-12(22)25-18-7-6-14-13-4-5-16-19(24)17(23)9-11-20(16,2)15(13)8-10-21(14,18)3/h13-19,23-24H,4-11H2,1-3H3/t13-,14-,15-,16-,17+,18-,19+,20+,21-/m0/s1. The predicted octanol–water partition coefficient (Wildman–Crippen LogP) is 3.29. The number of ether oxygens (including phenoxy) is 1. The highest BCUT2D eigenvalue weighted by atomic mass is 16.5. The highest BCUT2D eigenvalue weighted by Crippen LogP contribution is 2.66. The number of carbonyl (C=O) groups is 1. The Morgan fingerprint density at radius 2 is 1.52 bits per heavy atom. The van der Waals surface area contributed by atoms with Gasteiger partial charge in [-0.05, 0) is 80.5 Å². The second-order valence-electron chi connectivity index (χ2n) is 9.88. The minimum atomic E-state index is -0.551. The van der Waals surface area contributed by atoms with E-state index in [1.165, 1.54) is 19.8 Å². The van der Waals surface area contributed by atoms with Gasteiger partial charge in [-0.1, -0.05) is 13.8 Å². The molecule has 0 aromatic carbocycles. The van der Waals surface area contributed by atoms with Crippen LogP contribution < -0.4 is 0 Å². The van der Waals surface area contributed by atoms with Gasteiger partial charge in [-0.2, -0.15) is 0 Å². The lowest BCUT2D eigenvalue weighted by Crippen LogP contribution is -2.58. The van der Waals surface area contributed by atoms with Gasteiger partial charge >= 0.3 is 5.97 Å². The molecule has 9 atom stereocenters. The number of fused-ring (bicyclic) bond motifs is 5. The van der Waals surface area contributed by atoms with Crippen LogP contribution in [0, 0.1) is 34.5 Å². The molecule has 0 spiro atoms. The van der Waals surface area contributed by atoms with Crippen LogP contribution in [0.15, 0.2) is 0 Å². The van der Waals surface area contributed by atoms with Gasteiger partial charge in [0.05, 0.1) is 12.2 Å². The van der Waals surface area contributed by atoms with E-state index in [4.69, 9.17) is 4.74 Å². The SMILES string of the molecule is CC(=O)O[C@H]1CC[C@H]2[C@@H]3CC[C@H]4[C@@H](O)[C@H](O)CC[C@]4(C)[C@H]3CC[C@]12C. The molecule has 0 heterocycles. The topological polar surface area (TPSA) is 66.8 Å². The fraction of sp³-hybridized carbons (Fsp3) is 0.952. The highest BCUT2D eigenvalue weighted by Gasteiger charge is 2.62. The quantitative estimate of drug-likeness (QED) is 0.712. The summed E-state index contributed by atoms with van der Waals surface area (Å²) in [6.45, 7) is 6.26. The van der Waals surface area contributed by atoms with E-state index in [9.17, 15) is 15.0 Å². The van der Waals surface area contributed by atoms with Crippen LogP contribution in [0.25, 0.3) is 0 Å². The Morgan fingerprint density at radius 1 is 0.880 bits per heavy atom. The Bertz CT molecular complexity index is 548. The summed E-state index contributed by atoms with van der Waals surface area (Å²) in [5.74, 6) is 2.06. The lowest BCUT2D eigenvalue weighted by molar-refractivity contribution is -0.182. The maximum absolute atomic E-state index is 11.5. The van der Waals surface area contributed by atoms with Crippen molar-refractivity contribution in [3.05, 3.63) is 0 Å². The summed E-state index contributed by atoms with van der Waals surface area (Å²) >= 11 is 0. The zero-order valence-electron chi connectivity index (χ0n) is 15.9. The van der Waals surface area contributed by atoms with E-state index in [1.807, 2.05) is 0 Å². The Balaban J connectivity index is 1.59. The molecule has 4 aliphatic carbocycles. The van der Waals surface area contributed by atoms with Gasteiger partial charge in [-0.25, -0.2) is 0 Å². The molecule has 0 saturated heterocycles. The summed E-state index contributed by atoms with van der Waals surface area (Å²) in [7, 11) is 0. The van der Waals surface area contributed by atoms with Gasteiger partial charge < -0.3 is 14.9 Å². The maximum Gasteiger partial charge on any atom is 0.302 e. The minimum absolute atomic E-state index is 0.0836. The Labute approximate surface area is 151 Å². The van der Waals surface area contributed by atoms with E-state index in [2.05, 4.69) is 13.8 Å². The van der Waals surface area contributed by atoms with Gasteiger partial charge in [0.25, 0.3) is 0 Å². The number of aliphatic hydroxyl groups excluding tert-OH is 2. The van der Waals surface area contributed by atoms with Crippen molar-refractivity contribution in [1.82, 2.24) is 0 Å². The van der Waals surface area contributed by atoms with Gasteiger partial charge in [-0.15, -0.1) is 0 Å². The molecule has 4 rings (SSSR count). The second-order valence-corrected chi connectivity index (χ2v) is 9.88. The van der Waals surface area contributed by atoms with Crippen LogP contribution in [-0.4, -0.2) is 34.5 Å². The summed E-state index contributed by atoms with van der Waals surface area (Å²) in [6.07, 6.45) is 7.41. The molecular weight excluding hydrogens is 316 g/mol. The van der Waals surface area contributed by atoms with Crippen LogP contribution in [0.5, 0.6) is 0 Å². The zero-order valence-corrected chi connectivity index (χ0v) is 15.9. The lowest BCUT2D eigenvalue weighted by atomic mass is 9.44. The molecule has 0 bridgehead atoms. The van der Waals surface area contributed by atoms with Crippen molar-refractivity contribution >= 4 is 5.97 Å². The van der Waals surface area contributed by atoms with E-state index in [0.29, 0.717) is 17.8 Å². The molecule has 4 heteroatoms. The number of esters is 1. The van der Waals surface area contributed by atoms with Crippen molar-refractivity contribution in [3.63, 3.8) is 0 Å². The average molecular weight is 350 g/mol. The first-order valence-corrected chi connectivity index (χ1v) is 10.3. The molecule has 25 heavy (non-hydrogen) atoms. The van der Waals surface area contributed by atoms with E-state index < -0.39 is 12.2 Å². The first kappa shape index (κ1) is 17.8. The molecule has 4 nitrogen and oxygen atoms in total. The molecule has 0 amide bonds. The van der Waals surface area contributed by atoms with Gasteiger partial charge in [0.2, 0.25) is 0 Å². The van der Waals surface area contributed by atoms with Crippen molar-refractivity contribution in [2.75, 3.05) is 0 Å². The van der Waals surface area contributed by atoms with Crippen molar-refractivity contribution < 1.29 is 19.7 Å². The van der Waals surface area contributed by atoms with E-state index in [0.717, 1.165) is 38.5 Å². The summed E-state index contributed by atoms with van der Waals surface area (Å²) in [5, 5.41) is 20.7. The van der Waals surface area contributed by atoms with Crippen LogP contribution in [0.2, 0.25) is 0 Å². The van der Waals surface area contributed by atoms with Crippen molar-refractivity contribution in [3.8, 4) is 0 Å². The van der Waals surface area contributed by atoms with Crippen LogP contribution in [-0.2, 0) is 9.53 Å². The summed E-state index contributed by atoms with van der Waals surface area (Å²) < 4.78 is 5.71. The van der Waals surface area contributed by atoms with Gasteiger partial charge in [-0.3, -0.25) is 4.79 Å². The number of hydrogen-bond donors (Lipinski definition) is 2. The third-order valence-electron chi connectivity index (χ3n) is 8.95. The smallest absolute Gasteiger partial charge is 0.302 e. The van der Waals surface area contributed by atoms with E-state index in [1.54, 1.807) is 0 Å². The zero-order chi connectivity index (χ0) is 18.0. The van der Waals surface area contributed by atoms with Gasteiger partial charge in [0.1, 0.15) is 6.10 Å². The van der Waals surface area contributed by atoms with E-state index in [-0.39, 0.29) is 28.8 Å². The van der Waals surface area contributed by atoms with Crippen LogP contribution in [0.4, 0.5) is 0 Å². The predicted molar refractivity (Wildman–Crippen MR) is 94.7 cm³/mol. The Morgan fingerprint density at radius 3 is 2.24 bits per heavy atom. The number of rotatable bonds is 1. The van der Waals surface area contributed by atoms with Gasteiger partial charge in [0.15, 0.2) is 0 Å². The lowest BCUT2D eigenvalue weighted by Gasteiger charge is -2.61. The van der Waals surface area contributed by atoms with E-state index >= 15 is 0 Å². The van der Waals surface area contributed by atoms with Gasteiger partial charge in [0, 0.05) is 12.3 Å². The minimum Gasteiger partial charge on any atom is -0.462 e. The van der Waals surface area contributed by atoms with Crippen LogP contribution in [0.3, 0.4) is 0 Å². The number of carbonyl (C=O) groups excluding carboxylic acids is 1. The van der Waals surface area contributed by atoms with Crippen molar-refractivity contribution in [2.24, 2.45) is 34.5 Å². The monoisotopic (exact) mass is 350 g/mol. The molecule has 0 aliphatic heterocycles. The first-order chi connectivity index (χ1) is 11.8. The maximum atomic E-state index is 11.5. The third kappa shape index (κ3) is 2.50. The molecule has 0 unspecified atom stereocenters. The fourth-order valence-corrected chi connectivity index (χ4v) is 7.66. The summed E-state index contributed by atoms with van der Waals surface area (Å²) in [4.78, 5) is 11.5. The van der Waals surface area contributed by atoms with Crippen molar-refractivity contribution in [2.45, 2.75) is 90.4 Å². The second kappa shape index (κ2) is 5.95. The molecular formula is C21H34O4. The number of hydrogen-bond acceptors (Lipinski definition) is 4. The summed E-state index contributed by atoms with van der Waals surface area (Å²) in [6, 6.07) is 0. The van der Waals surface area contributed by atoms with Crippen molar-refractivity contribution in [1.29, 1.82) is 0 Å². The number of aliphatic hydroxyl groups is 2. The molecule has 4 aliphatic rings. The van der Waals surface area contributed by atoms with Crippen LogP contribution >= 0.6 is 0 Å². The molecule has 4 saturated carbocycles. The molecule has 4 fully saturated rings. The highest BCUT2D eigenvalue weighted by molar-refractivity contribution is 5.66. The average Bonchev–Trinajstić information content (AvgIpc) is 2.88. The molecule has 0 aromatic heterocycles. The largest absolute Gasteiger partial charge is 0.462 e. The molecule has 2 N–H and O–H groups in total. The molecule has 0 aromatic rings. The Kier molecular flexibility index (Phi) is 4.23. The normalized spacial score (nSPS) is 55.0. The molecule has 0 radical (unpaired) electrons. The summed E-state index contributed by atoms with van der Waals surface area (Å²) in [5.41, 5.74) is 0.283.